The molecule has 0 spiro atoms. The van der Waals surface area contributed by atoms with Crippen molar-refractivity contribution in [3.05, 3.63) is 129 Å². The molecule has 0 fully saturated rings. The van der Waals surface area contributed by atoms with Crippen molar-refractivity contribution >= 4 is 21.7 Å². The van der Waals surface area contributed by atoms with Crippen LogP contribution in [-0.2, 0) is 0 Å². The highest BCUT2D eigenvalue weighted by Gasteiger charge is 2.30. The van der Waals surface area contributed by atoms with Crippen molar-refractivity contribution in [2.75, 3.05) is 0 Å². The van der Waals surface area contributed by atoms with E-state index >= 15 is 0 Å². The Morgan fingerprint density at radius 2 is 0.933 bits per heavy atom. The number of hydrogen-bond donors (Lipinski definition) is 0. The molecule has 0 radical (unpaired) electrons. The Morgan fingerprint density at radius 3 is 1.29 bits per heavy atom. The van der Waals surface area contributed by atoms with E-state index in [2.05, 4.69) is 139 Å². The zero-order chi connectivity index (χ0) is 31.5. The lowest BCUT2D eigenvalue weighted by molar-refractivity contribution is 0.781. The van der Waals surface area contributed by atoms with Crippen LogP contribution >= 0.6 is 0 Å². The zero-order valence-corrected chi connectivity index (χ0v) is 29.9. The highest BCUT2D eigenvalue weighted by atomic mass is 28.2. The van der Waals surface area contributed by atoms with Crippen LogP contribution in [0.4, 0.5) is 0 Å². The lowest BCUT2D eigenvalue weighted by Crippen LogP contribution is -2.08. The second-order valence-corrected chi connectivity index (χ2v) is 16.0. The first-order chi connectivity index (χ1) is 21.9. The van der Waals surface area contributed by atoms with Crippen LogP contribution in [-0.4, -0.2) is 9.52 Å². The molecule has 0 heterocycles. The maximum Gasteiger partial charge on any atom is 0.0218 e. The van der Waals surface area contributed by atoms with Gasteiger partial charge in [0.25, 0.3) is 0 Å². The zero-order valence-electron chi connectivity index (χ0n) is 28.5. The van der Waals surface area contributed by atoms with Crippen molar-refractivity contribution in [1.29, 1.82) is 0 Å². The molecule has 2 atom stereocenters. The van der Waals surface area contributed by atoms with Gasteiger partial charge in [0.15, 0.2) is 0 Å². The normalized spacial score (nSPS) is 17.3. The summed E-state index contributed by atoms with van der Waals surface area (Å²) in [5.41, 5.74) is 17.9. The number of allylic oxidation sites excluding steroid dienone is 2. The summed E-state index contributed by atoms with van der Waals surface area (Å²) in [6.07, 6.45) is 10.0. The maximum absolute atomic E-state index is 2.58. The average molecular weight is 609 g/mol. The van der Waals surface area contributed by atoms with Gasteiger partial charge in [-0.1, -0.05) is 175 Å². The van der Waals surface area contributed by atoms with Gasteiger partial charge in [-0.3, -0.25) is 0 Å². The van der Waals surface area contributed by atoms with Crippen molar-refractivity contribution in [3.8, 4) is 22.3 Å². The van der Waals surface area contributed by atoms with Gasteiger partial charge < -0.3 is 0 Å². The fraction of sp³-hybridized carbons (Fsp3) is 0.364. The van der Waals surface area contributed by atoms with E-state index in [1.165, 1.54) is 82.3 Å². The Balaban J connectivity index is 1.23. The second kappa shape index (κ2) is 13.9. The first-order valence-electron chi connectivity index (χ1n) is 17.8. The summed E-state index contributed by atoms with van der Waals surface area (Å²) < 4.78 is 0. The predicted octanol–water partition coefficient (Wildman–Crippen LogP) is 12.5. The van der Waals surface area contributed by atoms with E-state index < -0.39 is 0 Å². The topological polar surface area (TPSA) is 0 Å². The molecule has 4 aromatic carbocycles. The van der Waals surface area contributed by atoms with E-state index in [0.717, 1.165) is 0 Å². The fourth-order valence-corrected chi connectivity index (χ4v) is 10.4. The number of hydrogen-bond acceptors (Lipinski definition) is 0. The summed E-state index contributed by atoms with van der Waals surface area (Å²) >= 11 is 0. The van der Waals surface area contributed by atoms with Crippen LogP contribution in [0.5, 0.6) is 0 Å². The van der Waals surface area contributed by atoms with Gasteiger partial charge in [0.2, 0.25) is 0 Å². The van der Waals surface area contributed by atoms with Crippen molar-refractivity contribution < 1.29 is 0 Å². The fourth-order valence-electron chi connectivity index (χ4n) is 7.94. The standard InChI is InChI=1S/C44H52Si/c1-7-11-35-25-41-37(33-21-17-31(18-22-33)29(3)4)13-9-15-39(41)43(35)27-45-28-44-36(12-8-2)26-42-38(14-10-16-40(42)44)34-23-19-32(20-24-34)30(5)6/h9-10,13-26,29-30,43-44H,7-8,11-12,27-28,45H2,1-6H3. The molecule has 2 aliphatic carbocycles. The molecule has 45 heavy (non-hydrogen) atoms. The molecule has 2 unspecified atom stereocenters. The van der Waals surface area contributed by atoms with Crippen LogP contribution in [0.15, 0.2) is 96.1 Å². The van der Waals surface area contributed by atoms with Crippen LogP contribution in [0.25, 0.3) is 34.4 Å². The Bertz CT molecular complexity index is 1550. The average Bonchev–Trinajstić information content (AvgIpc) is 3.59. The summed E-state index contributed by atoms with van der Waals surface area (Å²) in [7, 11) is -0.285. The van der Waals surface area contributed by atoms with Gasteiger partial charge >= 0.3 is 0 Å². The minimum absolute atomic E-state index is 0.285. The molecule has 0 aliphatic heterocycles. The minimum atomic E-state index is -0.285. The molecule has 232 valence electrons. The molecule has 0 aromatic heterocycles. The molecule has 0 nitrogen and oxygen atoms in total. The molecule has 0 saturated heterocycles. The Morgan fingerprint density at radius 1 is 0.533 bits per heavy atom. The lowest BCUT2D eigenvalue weighted by Gasteiger charge is -2.21. The summed E-state index contributed by atoms with van der Waals surface area (Å²) in [6.45, 7) is 13.8. The number of rotatable bonds is 12. The van der Waals surface area contributed by atoms with E-state index in [1.54, 1.807) is 22.3 Å². The molecular weight excluding hydrogens is 557 g/mol. The van der Waals surface area contributed by atoms with Crippen LogP contribution < -0.4 is 0 Å². The smallest absolute Gasteiger partial charge is 0.0218 e. The molecule has 0 N–H and O–H groups in total. The van der Waals surface area contributed by atoms with Gasteiger partial charge in [0, 0.05) is 21.4 Å². The van der Waals surface area contributed by atoms with Crippen molar-refractivity contribution in [3.63, 3.8) is 0 Å². The Labute approximate surface area is 275 Å². The second-order valence-electron chi connectivity index (χ2n) is 14.1. The molecule has 0 bridgehead atoms. The van der Waals surface area contributed by atoms with E-state index in [-0.39, 0.29) is 9.52 Å². The van der Waals surface area contributed by atoms with Gasteiger partial charge in [-0.15, -0.1) is 0 Å². The van der Waals surface area contributed by atoms with Gasteiger partial charge in [-0.05, 0) is 80.3 Å². The molecule has 4 aromatic rings. The molecule has 0 saturated carbocycles. The van der Waals surface area contributed by atoms with Gasteiger partial charge in [0.1, 0.15) is 0 Å². The van der Waals surface area contributed by atoms with Crippen LogP contribution in [0, 0.1) is 0 Å². The first kappa shape index (κ1) is 31.6. The summed E-state index contributed by atoms with van der Waals surface area (Å²) in [4.78, 5) is 0. The number of fused-ring (bicyclic) bond motifs is 2. The van der Waals surface area contributed by atoms with Crippen LogP contribution in [0.1, 0.15) is 124 Å². The largest absolute Gasteiger partial charge is 0.0651 e. The third-order valence-corrected chi connectivity index (χ3v) is 12.4. The van der Waals surface area contributed by atoms with E-state index in [1.807, 2.05) is 0 Å². The quantitative estimate of drug-likeness (QED) is 0.140. The minimum Gasteiger partial charge on any atom is -0.0651 e. The van der Waals surface area contributed by atoms with Gasteiger partial charge in [0.05, 0.1) is 0 Å². The monoisotopic (exact) mass is 608 g/mol. The summed E-state index contributed by atoms with van der Waals surface area (Å²) in [5, 5.41) is 0. The summed E-state index contributed by atoms with van der Waals surface area (Å²) in [5.74, 6) is 2.33. The highest BCUT2D eigenvalue weighted by molar-refractivity contribution is 6.36. The van der Waals surface area contributed by atoms with Crippen LogP contribution in [0.2, 0.25) is 12.1 Å². The molecule has 6 rings (SSSR count). The first-order valence-corrected chi connectivity index (χ1v) is 19.8. The summed E-state index contributed by atoms with van der Waals surface area (Å²) in [6, 6.07) is 35.6. The Hall–Kier alpha value is -3.42. The van der Waals surface area contributed by atoms with Gasteiger partial charge in [-0.2, -0.15) is 0 Å². The van der Waals surface area contributed by atoms with Gasteiger partial charge in [-0.25, -0.2) is 0 Å². The predicted molar refractivity (Wildman–Crippen MR) is 201 cm³/mol. The Kier molecular flexibility index (Phi) is 9.76. The van der Waals surface area contributed by atoms with Crippen LogP contribution in [0.3, 0.4) is 0 Å². The van der Waals surface area contributed by atoms with E-state index in [0.29, 0.717) is 23.7 Å². The third-order valence-electron chi connectivity index (χ3n) is 10.4. The van der Waals surface area contributed by atoms with E-state index in [4.69, 9.17) is 0 Å². The highest BCUT2D eigenvalue weighted by Crippen LogP contribution is 2.47. The van der Waals surface area contributed by atoms with E-state index in [9.17, 15) is 0 Å². The SMILES string of the molecule is CCCC1=Cc2c(-c3ccc(C(C)C)cc3)cccc2C1C[SiH2]CC1C(CCC)=Cc2c(-c3ccc(C(C)C)cc3)cccc21. The molecular formula is C44H52Si. The van der Waals surface area contributed by atoms with Crippen molar-refractivity contribution in [2.45, 2.75) is 103 Å². The lowest BCUT2D eigenvalue weighted by atomic mass is 9.91. The van der Waals surface area contributed by atoms with Crippen molar-refractivity contribution in [2.24, 2.45) is 0 Å². The molecule has 1 heteroatoms. The van der Waals surface area contributed by atoms with Crippen molar-refractivity contribution in [1.82, 2.24) is 0 Å². The number of benzene rings is 4. The third kappa shape index (κ3) is 6.47. The maximum atomic E-state index is 2.58. The molecule has 2 aliphatic rings. The molecule has 0 amide bonds.